The van der Waals surface area contributed by atoms with Gasteiger partial charge in [0.25, 0.3) is 0 Å². The summed E-state index contributed by atoms with van der Waals surface area (Å²) < 4.78 is 0. The molecule has 0 saturated heterocycles. The zero-order valence-electron chi connectivity index (χ0n) is 13.0. The average Bonchev–Trinajstić information content (AvgIpc) is 2.89. The first-order chi connectivity index (χ1) is 10.2. The van der Waals surface area contributed by atoms with Crippen LogP contribution in [0.2, 0.25) is 0 Å². The van der Waals surface area contributed by atoms with E-state index in [9.17, 15) is 10.1 Å². The first kappa shape index (κ1) is 13.8. The molecule has 0 aromatic rings. The van der Waals surface area contributed by atoms with Gasteiger partial charge >= 0.3 is 0 Å². The lowest BCUT2D eigenvalue weighted by molar-refractivity contribution is -0.501. The van der Waals surface area contributed by atoms with Crippen molar-refractivity contribution >= 4 is 0 Å². The fraction of sp³-hybridized carbons (Fsp3) is 0.889. The van der Waals surface area contributed by atoms with Crippen molar-refractivity contribution in [2.75, 3.05) is 6.54 Å². The number of hydrogen-bond donors (Lipinski definition) is 0. The van der Waals surface area contributed by atoms with Crippen LogP contribution in [0.1, 0.15) is 70.6 Å². The van der Waals surface area contributed by atoms with Crippen LogP contribution >= 0.6 is 0 Å². The molecule has 3 saturated carbocycles. The van der Waals surface area contributed by atoms with Crippen molar-refractivity contribution in [2.24, 2.45) is 23.2 Å². The minimum Gasteiger partial charge on any atom is -0.265 e. The Bertz CT molecular complexity index is 484. The lowest BCUT2D eigenvalue weighted by atomic mass is 9.56. The number of nitro groups is 1. The summed E-state index contributed by atoms with van der Waals surface area (Å²) in [5, 5.41) is 11.2. The fourth-order valence-corrected chi connectivity index (χ4v) is 6.43. The van der Waals surface area contributed by atoms with E-state index < -0.39 is 0 Å². The maximum atomic E-state index is 11.2. The average molecular weight is 289 g/mol. The van der Waals surface area contributed by atoms with E-state index in [2.05, 4.69) is 0 Å². The maximum absolute atomic E-state index is 11.2. The van der Waals surface area contributed by atoms with Gasteiger partial charge in [0.05, 0.1) is 0 Å². The predicted molar refractivity (Wildman–Crippen MR) is 82.6 cm³/mol. The highest BCUT2D eigenvalue weighted by molar-refractivity contribution is 5.28. The Labute approximate surface area is 127 Å². The first-order valence-corrected chi connectivity index (χ1v) is 9.03. The minimum atomic E-state index is -0.0251. The van der Waals surface area contributed by atoms with Crippen molar-refractivity contribution in [1.82, 2.24) is 0 Å². The minimum absolute atomic E-state index is 0.0251. The van der Waals surface area contributed by atoms with Gasteiger partial charge in [-0.3, -0.25) is 10.1 Å². The lowest BCUT2D eigenvalue weighted by Crippen LogP contribution is -2.43. The monoisotopic (exact) mass is 289 g/mol. The quantitative estimate of drug-likeness (QED) is 0.418. The molecule has 0 amide bonds. The van der Waals surface area contributed by atoms with E-state index in [1.54, 1.807) is 5.57 Å². The maximum Gasteiger partial charge on any atom is 0.209 e. The number of fused-ring (bicyclic) bond motifs is 4. The summed E-state index contributed by atoms with van der Waals surface area (Å²) in [5.41, 5.74) is 3.66. The number of hydrogen-bond acceptors (Lipinski definition) is 2. The summed E-state index contributed by atoms with van der Waals surface area (Å²) in [6.07, 6.45) is 14.1. The van der Waals surface area contributed by atoms with Crippen molar-refractivity contribution in [3.05, 3.63) is 21.3 Å². The molecule has 0 N–H and O–H groups in total. The second-order valence-electron chi connectivity index (χ2n) is 8.03. The molecule has 4 atom stereocenters. The summed E-state index contributed by atoms with van der Waals surface area (Å²) in [7, 11) is 0. The molecule has 0 bridgehead atoms. The SMILES string of the molecule is O=[N+]([O-])C[C@@]12CCC[C@H]1[C@@H]1CCC3CCCCC3=C1CC2. The highest BCUT2D eigenvalue weighted by Gasteiger charge is 2.54. The van der Waals surface area contributed by atoms with Crippen molar-refractivity contribution in [1.29, 1.82) is 0 Å². The third-order valence-electron chi connectivity index (χ3n) is 7.23. The van der Waals surface area contributed by atoms with E-state index >= 15 is 0 Å². The van der Waals surface area contributed by atoms with Gasteiger partial charge in [0, 0.05) is 10.3 Å². The van der Waals surface area contributed by atoms with Crippen LogP contribution in [0.25, 0.3) is 0 Å². The highest BCUT2D eigenvalue weighted by atomic mass is 16.6. The van der Waals surface area contributed by atoms with Crippen LogP contribution in [0.3, 0.4) is 0 Å². The summed E-state index contributed by atoms with van der Waals surface area (Å²) in [5.74, 6) is 2.22. The van der Waals surface area contributed by atoms with Gasteiger partial charge < -0.3 is 0 Å². The van der Waals surface area contributed by atoms with Crippen LogP contribution in [0, 0.1) is 33.3 Å². The van der Waals surface area contributed by atoms with Crippen molar-refractivity contribution < 1.29 is 4.92 Å². The van der Waals surface area contributed by atoms with Gasteiger partial charge in [-0.25, -0.2) is 0 Å². The first-order valence-electron chi connectivity index (χ1n) is 9.03. The molecule has 4 aliphatic carbocycles. The normalized spacial score (nSPS) is 42.2. The zero-order chi connectivity index (χ0) is 14.4. The van der Waals surface area contributed by atoms with Crippen LogP contribution < -0.4 is 0 Å². The molecule has 4 aliphatic rings. The topological polar surface area (TPSA) is 43.1 Å². The highest BCUT2D eigenvalue weighted by Crippen LogP contribution is 2.60. The molecule has 0 aromatic carbocycles. The standard InChI is InChI=1S/C18H27NO2/c20-19(21)12-18-10-3-6-17(18)16-8-7-13-4-1-2-5-14(13)15(16)9-11-18/h13,16-17H,1-12H2/t13?,16-,17+,18+/m1/s1. The Kier molecular flexibility index (Phi) is 3.35. The van der Waals surface area contributed by atoms with Crippen molar-refractivity contribution in [3.8, 4) is 0 Å². The predicted octanol–water partition coefficient (Wildman–Crippen LogP) is 4.74. The number of rotatable bonds is 2. The molecule has 3 nitrogen and oxygen atoms in total. The third kappa shape index (κ3) is 2.15. The summed E-state index contributed by atoms with van der Waals surface area (Å²) in [6.45, 7) is 0.236. The summed E-state index contributed by atoms with van der Waals surface area (Å²) in [6, 6.07) is 0. The van der Waals surface area contributed by atoms with Crippen molar-refractivity contribution in [2.45, 2.75) is 70.6 Å². The zero-order valence-corrected chi connectivity index (χ0v) is 13.0. The Morgan fingerprint density at radius 1 is 1.00 bits per heavy atom. The van der Waals surface area contributed by atoms with E-state index in [1.807, 2.05) is 5.57 Å². The molecule has 1 unspecified atom stereocenters. The van der Waals surface area contributed by atoms with Gasteiger partial charge in [0.2, 0.25) is 6.54 Å². The van der Waals surface area contributed by atoms with E-state index in [-0.39, 0.29) is 16.9 Å². The molecule has 0 spiro atoms. The van der Waals surface area contributed by atoms with Crippen LogP contribution in [-0.4, -0.2) is 11.5 Å². The molecule has 3 heteroatoms. The van der Waals surface area contributed by atoms with Gasteiger partial charge in [0.15, 0.2) is 0 Å². The second-order valence-corrected chi connectivity index (χ2v) is 8.03. The molecule has 0 heterocycles. The van der Waals surface area contributed by atoms with Crippen LogP contribution in [0.15, 0.2) is 11.1 Å². The molecular weight excluding hydrogens is 262 g/mol. The smallest absolute Gasteiger partial charge is 0.209 e. The Balaban J connectivity index is 1.66. The molecule has 0 aliphatic heterocycles. The largest absolute Gasteiger partial charge is 0.265 e. The molecular formula is C18H27NO2. The van der Waals surface area contributed by atoms with E-state index in [4.69, 9.17) is 0 Å². The van der Waals surface area contributed by atoms with E-state index in [0.717, 1.165) is 18.8 Å². The van der Waals surface area contributed by atoms with Crippen LogP contribution in [-0.2, 0) is 0 Å². The second kappa shape index (κ2) is 5.10. The van der Waals surface area contributed by atoms with Crippen LogP contribution in [0.4, 0.5) is 0 Å². The fourth-order valence-electron chi connectivity index (χ4n) is 6.43. The van der Waals surface area contributed by atoms with Gasteiger partial charge in [-0.15, -0.1) is 0 Å². The molecule has 21 heavy (non-hydrogen) atoms. The number of allylic oxidation sites excluding steroid dienone is 2. The van der Waals surface area contributed by atoms with E-state index in [1.165, 1.54) is 57.8 Å². The Morgan fingerprint density at radius 3 is 2.76 bits per heavy atom. The van der Waals surface area contributed by atoms with Gasteiger partial charge in [0.1, 0.15) is 0 Å². The lowest BCUT2D eigenvalue weighted by Gasteiger charge is -2.48. The van der Waals surface area contributed by atoms with Crippen LogP contribution in [0.5, 0.6) is 0 Å². The van der Waals surface area contributed by atoms with Gasteiger partial charge in [-0.05, 0) is 75.5 Å². The Morgan fingerprint density at radius 2 is 1.90 bits per heavy atom. The van der Waals surface area contributed by atoms with Gasteiger partial charge in [-0.1, -0.05) is 24.0 Å². The third-order valence-corrected chi connectivity index (χ3v) is 7.23. The molecule has 0 radical (unpaired) electrons. The molecule has 4 rings (SSSR count). The van der Waals surface area contributed by atoms with E-state index in [0.29, 0.717) is 11.8 Å². The summed E-state index contributed by atoms with van der Waals surface area (Å²) >= 11 is 0. The Hall–Kier alpha value is -0.860. The number of nitrogens with zero attached hydrogens (tertiary/aromatic N) is 1. The van der Waals surface area contributed by atoms with Crippen molar-refractivity contribution in [3.63, 3.8) is 0 Å². The molecule has 3 fully saturated rings. The molecule has 116 valence electrons. The summed E-state index contributed by atoms with van der Waals surface area (Å²) in [4.78, 5) is 11.2. The van der Waals surface area contributed by atoms with Gasteiger partial charge in [-0.2, -0.15) is 0 Å². The molecule has 0 aromatic heterocycles.